The minimum absolute atomic E-state index is 0.0614. The van der Waals surface area contributed by atoms with E-state index in [0.717, 1.165) is 31.1 Å². The van der Waals surface area contributed by atoms with Gasteiger partial charge in [-0.1, -0.05) is 18.2 Å². The highest BCUT2D eigenvalue weighted by atomic mass is 32.2. The number of pyridine rings is 1. The summed E-state index contributed by atoms with van der Waals surface area (Å²) in [7, 11) is -3.28. The van der Waals surface area contributed by atoms with Gasteiger partial charge < -0.3 is 4.90 Å². The van der Waals surface area contributed by atoms with Crippen molar-refractivity contribution in [1.82, 2.24) is 14.2 Å². The molecule has 1 aromatic heterocycles. The summed E-state index contributed by atoms with van der Waals surface area (Å²) >= 11 is 0. The van der Waals surface area contributed by atoms with E-state index in [-0.39, 0.29) is 5.91 Å². The van der Waals surface area contributed by atoms with Crippen LogP contribution in [-0.2, 0) is 10.0 Å². The van der Waals surface area contributed by atoms with Gasteiger partial charge >= 0.3 is 0 Å². The standard InChI is InChI=1S/C19H23N3O3S/c1-26(24,25)22-13-5-10-19(22)9-4-12-21(14-19)18(23)16-8-2-6-15-7-3-11-20-17(15)16/h2-3,6-8,11H,4-5,9-10,12-14H2,1H3. The first-order valence-corrected chi connectivity index (χ1v) is 10.9. The summed E-state index contributed by atoms with van der Waals surface area (Å²) in [5.74, 6) is -0.0614. The Hall–Kier alpha value is -1.99. The molecule has 1 atom stereocenters. The monoisotopic (exact) mass is 373 g/mol. The lowest BCUT2D eigenvalue weighted by Crippen LogP contribution is -2.58. The largest absolute Gasteiger partial charge is 0.337 e. The maximum absolute atomic E-state index is 13.2. The van der Waals surface area contributed by atoms with Crippen LogP contribution in [0.1, 0.15) is 36.0 Å². The number of rotatable bonds is 2. The Bertz CT molecular complexity index is 954. The molecule has 2 aromatic rings. The Morgan fingerprint density at radius 1 is 1.12 bits per heavy atom. The highest BCUT2D eigenvalue weighted by Crippen LogP contribution is 2.39. The SMILES string of the molecule is CS(=O)(=O)N1CCCC12CCCN(C(=O)c1cccc3cccnc13)C2. The van der Waals surface area contributed by atoms with E-state index in [4.69, 9.17) is 0 Å². The molecule has 0 N–H and O–H groups in total. The molecule has 0 saturated carbocycles. The summed E-state index contributed by atoms with van der Waals surface area (Å²) < 4.78 is 26.1. The maximum atomic E-state index is 13.2. The van der Waals surface area contributed by atoms with E-state index in [1.54, 1.807) is 10.5 Å². The van der Waals surface area contributed by atoms with Crippen molar-refractivity contribution in [3.63, 3.8) is 0 Å². The zero-order valence-electron chi connectivity index (χ0n) is 14.9. The number of carbonyl (C=O) groups is 1. The number of hydrogen-bond acceptors (Lipinski definition) is 4. The van der Waals surface area contributed by atoms with Gasteiger partial charge in [-0.25, -0.2) is 8.42 Å². The van der Waals surface area contributed by atoms with Gasteiger partial charge in [0.25, 0.3) is 5.91 Å². The van der Waals surface area contributed by atoms with Crippen molar-refractivity contribution < 1.29 is 13.2 Å². The van der Waals surface area contributed by atoms with Gasteiger partial charge in [0.15, 0.2) is 0 Å². The summed E-state index contributed by atoms with van der Waals surface area (Å²) in [6, 6.07) is 9.42. The van der Waals surface area contributed by atoms with Crippen LogP contribution < -0.4 is 0 Å². The molecule has 1 unspecified atom stereocenters. The van der Waals surface area contributed by atoms with Crippen LogP contribution >= 0.6 is 0 Å². The average Bonchev–Trinajstić information content (AvgIpc) is 3.03. The Balaban J connectivity index is 1.67. The highest BCUT2D eigenvalue weighted by Gasteiger charge is 2.48. The molecule has 2 aliphatic rings. The molecule has 1 aromatic carbocycles. The third kappa shape index (κ3) is 2.89. The molecule has 0 bridgehead atoms. The summed E-state index contributed by atoms with van der Waals surface area (Å²) in [4.78, 5) is 19.4. The van der Waals surface area contributed by atoms with Gasteiger partial charge in [-0.15, -0.1) is 0 Å². The van der Waals surface area contributed by atoms with Crippen LogP contribution in [0.4, 0.5) is 0 Å². The number of para-hydroxylation sites is 1. The van der Waals surface area contributed by atoms with Gasteiger partial charge in [0.2, 0.25) is 10.0 Å². The number of nitrogens with zero attached hydrogens (tertiary/aromatic N) is 3. The van der Waals surface area contributed by atoms with E-state index in [1.807, 2.05) is 35.2 Å². The first kappa shape index (κ1) is 17.4. The van der Waals surface area contributed by atoms with Gasteiger partial charge in [0, 0.05) is 31.2 Å². The first-order valence-electron chi connectivity index (χ1n) is 9.02. The summed E-state index contributed by atoms with van der Waals surface area (Å²) in [5, 5.41) is 0.934. The zero-order chi connectivity index (χ0) is 18.4. The quantitative estimate of drug-likeness (QED) is 0.810. The third-order valence-corrected chi connectivity index (χ3v) is 7.01. The van der Waals surface area contributed by atoms with Crippen LogP contribution in [0.2, 0.25) is 0 Å². The summed E-state index contributed by atoms with van der Waals surface area (Å²) in [6.07, 6.45) is 6.27. The molecule has 2 fully saturated rings. The lowest BCUT2D eigenvalue weighted by atomic mass is 9.87. The molecule has 3 heterocycles. The smallest absolute Gasteiger partial charge is 0.256 e. The molecule has 4 rings (SSSR count). The van der Waals surface area contributed by atoms with Gasteiger partial charge in [0.05, 0.1) is 22.9 Å². The fourth-order valence-corrected chi connectivity index (χ4v) is 5.98. The number of likely N-dealkylation sites (tertiary alicyclic amines) is 1. The van der Waals surface area contributed by atoms with Crippen molar-refractivity contribution in [1.29, 1.82) is 0 Å². The van der Waals surface area contributed by atoms with Crippen molar-refractivity contribution in [3.8, 4) is 0 Å². The number of hydrogen-bond donors (Lipinski definition) is 0. The number of benzene rings is 1. The number of carbonyl (C=O) groups excluding carboxylic acids is 1. The van der Waals surface area contributed by atoms with Crippen LogP contribution in [-0.4, -0.2) is 59.9 Å². The highest BCUT2D eigenvalue weighted by molar-refractivity contribution is 7.88. The molecule has 138 valence electrons. The van der Waals surface area contributed by atoms with Gasteiger partial charge in [0.1, 0.15) is 0 Å². The second-order valence-electron chi connectivity index (χ2n) is 7.37. The Labute approximate surface area is 153 Å². The zero-order valence-corrected chi connectivity index (χ0v) is 15.7. The van der Waals surface area contributed by atoms with Gasteiger partial charge in [-0.2, -0.15) is 4.31 Å². The van der Waals surface area contributed by atoms with Crippen molar-refractivity contribution >= 4 is 26.8 Å². The maximum Gasteiger partial charge on any atom is 0.256 e. The molecule has 1 spiro atoms. The van der Waals surface area contributed by atoms with Crippen LogP contribution in [0, 0.1) is 0 Å². The van der Waals surface area contributed by atoms with Crippen molar-refractivity contribution in [2.75, 3.05) is 25.9 Å². The lowest BCUT2D eigenvalue weighted by molar-refractivity contribution is 0.0526. The molecule has 2 saturated heterocycles. The van der Waals surface area contributed by atoms with Crippen molar-refractivity contribution in [2.24, 2.45) is 0 Å². The molecular weight excluding hydrogens is 350 g/mol. The van der Waals surface area contributed by atoms with E-state index in [0.29, 0.717) is 30.7 Å². The van der Waals surface area contributed by atoms with Gasteiger partial charge in [-0.05, 0) is 37.8 Å². The normalized spacial score (nSPS) is 24.4. The number of aromatic nitrogens is 1. The summed E-state index contributed by atoms with van der Waals surface area (Å²) in [6.45, 7) is 1.67. The summed E-state index contributed by atoms with van der Waals surface area (Å²) in [5.41, 5.74) is 0.842. The fourth-order valence-electron chi connectivity index (χ4n) is 4.57. The van der Waals surface area contributed by atoms with Crippen LogP contribution in [0.3, 0.4) is 0 Å². The van der Waals surface area contributed by atoms with E-state index in [2.05, 4.69) is 4.98 Å². The van der Waals surface area contributed by atoms with E-state index >= 15 is 0 Å². The van der Waals surface area contributed by atoms with E-state index < -0.39 is 15.6 Å². The molecule has 0 radical (unpaired) electrons. The molecule has 7 heteroatoms. The van der Waals surface area contributed by atoms with E-state index in [1.165, 1.54) is 6.26 Å². The second-order valence-corrected chi connectivity index (χ2v) is 9.28. The Kier molecular flexibility index (Phi) is 4.23. The Morgan fingerprint density at radius 2 is 1.85 bits per heavy atom. The third-order valence-electron chi connectivity index (χ3n) is 5.64. The second kappa shape index (κ2) is 6.32. The van der Waals surface area contributed by atoms with Crippen molar-refractivity contribution in [3.05, 3.63) is 42.1 Å². The molecule has 2 aliphatic heterocycles. The number of piperidine rings is 1. The minimum atomic E-state index is -3.28. The molecule has 1 amide bonds. The fraction of sp³-hybridized carbons (Fsp3) is 0.474. The molecule has 6 nitrogen and oxygen atoms in total. The topological polar surface area (TPSA) is 70.6 Å². The minimum Gasteiger partial charge on any atom is -0.337 e. The number of fused-ring (bicyclic) bond motifs is 1. The van der Waals surface area contributed by atoms with Gasteiger partial charge in [-0.3, -0.25) is 9.78 Å². The predicted molar refractivity (Wildman–Crippen MR) is 100 cm³/mol. The lowest BCUT2D eigenvalue weighted by Gasteiger charge is -2.44. The van der Waals surface area contributed by atoms with Crippen molar-refractivity contribution in [2.45, 2.75) is 31.2 Å². The molecular formula is C19H23N3O3S. The van der Waals surface area contributed by atoms with Crippen LogP contribution in [0.5, 0.6) is 0 Å². The first-order chi connectivity index (χ1) is 12.4. The Morgan fingerprint density at radius 3 is 2.62 bits per heavy atom. The van der Waals surface area contributed by atoms with Crippen LogP contribution in [0.15, 0.2) is 36.5 Å². The number of amides is 1. The van der Waals surface area contributed by atoms with E-state index in [9.17, 15) is 13.2 Å². The molecule has 26 heavy (non-hydrogen) atoms. The molecule has 0 aliphatic carbocycles. The average molecular weight is 373 g/mol. The number of sulfonamides is 1. The predicted octanol–water partition coefficient (Wildman–Crippen LogP) is 2.26. The van der Waals surface area contributed by atoms with Crippen LogP contribution in [0.25, 0.3) is 10.9 Å².